The van der Waals surface area contributed by atoms with Crippen LogP contribution in [-0.4, -0.2) is 0 Å². The molecule has 4 heteroatoms. The van der Waals surface area contributed by atoms with Crippen molar-refractivity contribution in [1.82, 2.24) is 0 Å². The smallest absolute Gasteiger partial charge is 0.0639 e. The first-order valence-corrected chi connectivity index (χ1v) is 4.41. The molecule has 1 rings (SSSR count). The summed E-state index contributed by atoms with van der Waals surface area (Å²) in [5.74, 6) is 0. The van der Waals surface area contributed by atoms with E-state index >= 15 is 0 Å². The predicted octanol–water partition coefficient (Wildman–Crippen LogP) is 3.44. The minimum Gasteiger partial charge on any atom is -0.398 e. The highest BCUT2D eigenvalue weighted by Crippen LogP contribution is 2.34. The molecule has 0 heterocycles. The molecule has 0 saturated carbocycles. The van der Waals surface area contributed by atoms with E-state index in [1.807, 2.05) is 27.7 Å². The minimum absolute atomic E-state index is 0.563. The van der Waals surface area contributed by atoms with Gasteiger partial charge in [-0.1, -0.05) is 5.11 Å². The standard InChI is InChI=1S/C10H14N4/c1-5-6(2)8(4)10(13-14-12)9(11)7(5)3/h11H2,1-4H3. The van der Waals surface area contributed by atoms with Gasteiger partial charge in [0.15, 0.2) is 0 Å². The van der Waals surface area contributed by atoms with Crippen LogP contribution < -0.4 is 5.73 Å². The van der Waals surface area contributed by atoms with E-state index in [9.17, 15) is 0 Å². The van der Waals surface area contributed by atoms with Gasteiger partial charge in [0.2, 0.25) is 0 Å². The van der Waals surface area contributed by atoms with E-state index in [1.165, 1.54) is 0 Å². The van der Waals surface area contributed by atoms with E-state index in [1.54, 1.807) is 0 Å². The van der Waals surface area contributed by atoms with Crippen molar-refractivity contribution >= 4 is 11.4 Å². The Morgan fingerprint density at radius 2 is 1.50 bits per heavy atom. The molecule has 0 bridgehead atoms. The van der Waals surface area contributed by atoms with Crippen LogP contribution in [0.15, 0.2) is 5.11 Å². The topological polar surface area (TPSA) is 74.8 Å². The Morgan fingerprint density at radius 3 is 2.00 bits per heavy atom. The summed E-state index contributed by atoms with van der Waals surface area (Å²) in [6.45, 7) is 7.89. The van der Waals surface area contributed by atoms with E-state index in [2.05, 4.69) is 10.0 Å². The molecule has 0 saturated heterocycles. The van der Waals surface area contributed by atoms with E-state index in [0.29, 0.717) is 11.4 Å². The fraction of sp³-hybridized carbons (Fsp3) is 0.400. The van der Waals surface area contributed by atoms with Crippen molar-refractivity contribution in [2.24, 2.45) is 5.11 Å². The lowest BCUT2D eigenvalue weighted by Gasteiger charge is -2.14. The molecular weight excluding hydrogens is 176 g/mol. The van der Waals surface area contributed by atoms with Crippen molar-refractivity contribution in [3.05, 3.63) is 32.7 Å². The molecule has 0 amide bonds. The molecule has 74 valence electrons. The van der Waals surface area contributed by atoms with Crippen LogP contribution in [-0.2, 0) is 0 Å². The maximum atomic E-state index is 8.42. The third-order valence-corrected chi connectivity index (χ3v) is 2.85. The second kappa shape index (κ2) is 3.60. The zero-order valence-corrected chi connectivity index (χ0v) is 8.92. The number of benzene rings is 1. The number of azide groups is 1. The molecule has 0 unspecified atom stereocenters. The van der Waals surface area contributed by atoms with Crippen LogP contribution >= 0.6 is 0 Å². The summed E-state index contributed by atoms with van der Waals surface area (Å²) in [4.78, 5) is 2.78. The van der Waals surface area contributed by atoms with Crippen molar-refractivity contribution in [2.75, 3.05) is 5.73 Å². The molecule has 0 aromatic heterocycles. The molecule has 0 aliphatic heterocycles. The van der Waals surface area contributed by atoms with E-state index < -0.39 is 0 Å². The van der Waals surface area contributed by atoms with Crippen LogP contribution in [0.2, 0.25) is 0 Å². The summed E-state index contributed by atoms with van der Waals surface area (Å²) in [6.07, 6.45) is 0. The first kappa shape index (κ1) is 10.4. The first-order valence-electron chi connectivity index (χ1n) is 4.41. The van der Waals surface area contributed by atoms with Crippen molar-refractivity contribution in [1.29, 1.82) is 0 Å². The molecule has 4 nitrogen and oxygen atoms in total. The van der Waals surface area contributed by atoms with Gasteiger partial charge >= 0.3 is 0 Å². The summed E-state index contributed by atoms with van der Waals surface area (Å²) in [6, 6.07) is 0. The molecular formula is C10H14N4. The van der Waals surface area contributed by atoms with Gasteiger partial charge < -0.3 is 5.73 Å². The number of nitrogen functional groups attached to an aromatic ring is 1. The largest absolute Gasteiger partial charge is 0.398 e. The Balaban J connectivity index is 3.67. The SMILES string of the molecule is Cc1c(C)c(C)c(N=[N+]=[N-])c(N)c1C. The quantitative estimate of drug-likeness (QED) is 0.313. The Bertz CT molecular complexity index is 399. The van der Waals surface area contributed by atoms with Gasteiger partial charge in [-0.25, -0.2) is 0 Å². The molecule has 14 heavy (non-hydrogen) atoms. The lowest BCUT2D eigenvalue weighted by molar-refractivity contribution is 1.20. The maximum absolute atomic E-state index is 8.42. The highest BCUT2D eigenvalue weighted by molar-refractivity contribution is 5.73. The molecule has 0 aliphatic rings. The second-order valence-electron chi connectivity index (χ2n) is 3.45. The predicted molar refractivity (Wildman–Crippen MR) is 58.6 cm³/mol. The molecule has 0 aliphatic carbocycles. The van der Waals surface area contributed by atoms with Gasteiger partial charge in [0.05, 0.1) is 5.69 Å². The van der Waals surface area contributed by atoms with Crippen molar-refractivity contribution in [3.63, 3.8) is 0 Å². The summed E-state index contributed by atoms with van der Waals surface area (Å²) < 4.78 is 0. The molecule has 0 atom stereocenters. The van der Waals surface area contributed by atoms with Gasteiger partial charge in [0.1, 0.15) is 0 Å². The lowest BCUT2D eigenvalue weighted by atomic mass is 9.96. The first-order chi connectivity index (χ1) is 6.50. The molecule has 0 spiro atoms. The van der Waals surface area contributed by atoms with E-state index in [-0.39, 0.29) is 0 Å². The summed E-state index contributed by atoms with van der Waals surface area (Å²) >= 11 is 0. The Labute approximate surface area is 83.4 Å². The zero-order valence-electron chi connectivity index (χ0n) is 8.92. The van der Waals surface area contributed by atoms with Crippen LogP contribution in [0, 0.1) is 27.7 Å². The third-order valence-electron chi connectivity index (χ3n) is 2.85. The summed E-state index contributed by atoms with van der Waals surface area (Å²) in [5.41, 5.74) is 19.7. The highest BCUT2D eigenvalue weighted by Gasteiger charge is 2.10. The normalized spacial score (nSPS) is 9.71. The van der Waals surface area contributed by atoms with Crippen molar-refractivity contribution < 1.29 is 0 Å². The summed E-state index contributed by atoms with van der Waals surface area (Å²) in [5, 5.41) is 3.62. The average Bonchev–Trinajstić information content (AvgIpc) is 2.19. The van der Waals surface area contributed by atoms with Crippen LogP contribution in [0.3, 0.4) is 0 Å². The molecule has 0 radical (unpaired) electrons. The maximum Gasteiger partial charge on any atom is 0.0639 e. The van der Waals surface area contributed by atoms with Crippen LogP contribution in [0.4, 0.5) is 11.4 Å². The van der Waals surface area contributed by atoms with E-state index in [4.69, 9.17) is 11.3 Å². The van der Waals surface area contributed by atoms with Crippen LogP contribution in [0.1, 0.15) is 22.3 Å². The Morgan fingerprint density at radius 1 is 1.00 bits per heavy atom. The number of rotatable bonds is 1. The second-order valence-corrected chi connectivity index (χ2v) is 3.45. The Hall–Kier alpha value is -1.67. The van der Waals surface area contributed by atoms with Gasteiger partial charge in [-0.15, -0.1) is 0 Å². The van der Waals surface area contributed by atoms with E-state index in [0.717, 1.165) is 22.3 Å². The number of anilines is 1. The highest BCUT2D eigenvalue weighted by atomic mass is 15.1. The average molecular weight is 190 g/mol. The number of nitrogens with zero attached hydrogens (tertiary/aromatic N) is 3. The zero-order chi connectivity index (χ0) is 10.9. The molecule has 0 fully saturated rings. The van der Waals surface area contributed by atoms with Gasteiger partial charge in [-0.3, -0.25) is 0 Å². The van der Waals surface area contributed by atoms with Gasteiger partial charge in [-0.2, -0.15) is 0 Å². The van der Waals surface area contributed by atoms with Gasteiger partial charge in [0, 0.05) is 10.6 Å². The fourth-order valence-corrected chi connectivity index (χ4v) is 1.50. The van der Waals surface area contributed by atoms with Gasteiger partial charge in [0.25, 0.3) is 0 Å². The number of nitrogens with two attached hydrogens (primary N) is 1. The third kappa shape index (κ3) is 1.40. The van der Waals surface area contributed by atoms with Crippen LogP contribution in [0.5, 0.6) is 0 Å². The molecule has 1 aromatic rings. The minimum atomic E-state index is 0.563. The number of hydrogen-bond donors (Lipinski definition) is 1. The fourth-order valence-electron chi connectivity index (χ4n) is 1.50. The monoisotopic (exact) mass is 190 g/mol. The van der Waals surface area contributed by atoms with Crippen molar-refractivity contribution in [3.8, 4) is 0 Å². The lowest BCUT2D eigenvalue weighted by Crippen LogP contribution is -1.98. The van der Waals surface area contributed by atoms with Crippen molar-refractivity contribution in [2.45, 2.75) is 27.7 Å². The van der Waals surface area contributed by atoms with Gasteiger partial charge in [-0.05, 0) is 55.5 Å². The molecule has 1 aromatic carbocycles. The summed E-state index contributed by atoms with van der Waals surface area (Å²) in [7, 11) is 0. The van der Waals surface area contributed by atoms with Crippen LogP contribution in [0.25, 0.3) is 10.4 Å². The number of hydrogen-bond acceptors (Lipinski definition) is 2. The molecule has 2 N–H and O–H groups in total. The Kier molecular flexibility index (Phi) is 2.68.